The van der Waals surface area contributed by atoms with E-state index in [9.17, 15) is 17.6 Å². The van der Waals surface area contributed by atoms with Gasteiger partial charge in [-0.2, -0.15) is 0 Å². The molecule has 1 saturated carbocycles. The van der Waals surface area contributed by atoms with Crippen LogP contribution in [0.4, 0.5) is 4.39 Å². The third-order valence-corrected chi connectivity index (χ3v) is 7.28. The Hall–Kier alpha value is -2.25. The Morgan fingerprint density at radius 1 is 1.14 bits per heavy atom. The molecule has 0 spiro atoms. The fraction of sp³-hybridized carbons (Fsp3) is 0.409. The molecule has 0 saturated heterocycles. The molecule has 0 atom stereocenters. The predicted octanol–water partition coefficient (Wildman–Crippen LogP) is 4.24. The highest BCUT2D eigenvalue weighted by molar-refractivity contribution is 7.90. The average Bonchev–Trinajstić information content (AvgIpc) is 2.74. The molecule has 2 aromatic rings. The van der Waals surface area contributed by atoms with Crippen LogP contribution < -0.4 is 9.46 Å². The Morgan fingerprint density at radius 3 is 2.55 bits per heavy atom. The number of sulfonamides is 1. The Labute approximate surface area is 171 Å². The van der Waals surface area contributed by atoms with Crippen LogP contribution in [0, 0.1) is 12.7 Å². The van der Waals surface area contributed by atoms with Gasteiger partial charge in [0.2, 0.25) is 10.0 Å². The summed E-state index contributed by atoms with van der Waals surface area (Å²) < 4.78 is 47.2. The zero-order chi connectivity index (χ0) is 21.0. The number of methoxy groups -OCH3 is 1. The lowest BCUT2D eigenvalue weighted by atomic mass is 9.97. The quantitative estimate of drug-likeness (QED) is 0.681. The number of carbonyl (C=O) groups excluding carboxylic acids is 1. The van der Waals surface area contributed by atoms with Crippen LogP contribution >= 0.6 is 0 Å². The number of rotatable bonds is 7. The van der Waals surface area contributed by atoms with Crippen molar-refractivity contribution < 1.29 is 22.3 Å². The van der Waals surface area contributed by atoms with Gasteiger partial charge >= 0.3 is 0 Å². The molecule has 1 aliphatic carbocycles. The van der Waals surface area contributed by atoms with Crippen molar-refractivity contribution in [2.24, 2.45) is 0 Å². The molecule has 0 aliphatic heterocycles. The maximum atomic E-state index is 14.6. The topological polar surface area (TPSA) is 72.5 Å². The molecule has 0 bridgehead atoms. The minimum Gasteiger partial charge on any atom is -0.497 e. The van der Waals surface area contributed by atoms with E-state index in [1.54, 1.807) is 32.2 Å². The number of ketones is 1. The Morgan fingerprint density at radius 2 is 1.86 bits per heavy atom. The summed E-state index contributed by atoms with van der Waals surface area (Å²) in [5, 5.41) is -0.473. The molecule has 0 amide bonds. The highest BCUT2D eigenvalue weighted by Gasteiger charge is 2.28. The van der Waals surface area contributed by atoms with Gasteiger partial charge in [0, 0.05) is 0 Å². The van der Waals surface area contributed by atoms with Crippen LogP contribution in [0.2, 0.25) is 0 Å². The summed E-state index contributed by atoms with van der Waals surface area (Å²) in [6, 6.07) is 10.4. The maximum Gasteiger partial charge on any atom is 0.214 e. The van der Waals surface area contributed by atoms with E-state index in [1.165, 1.54) is 6.07 Å². The SMILES string of the molecule is COc1cccc(-c2cc(C)c(F)c(C(=O)CNS(=O)(=O)C3CCCCC3)c2)c1. The van der Waals surface area contributed by atoms with Crippen molar-refractivity contribution >= 4 is 15.8 Å². The second-order valence-electron chi connectivity index (χ2n) is 7.44. The fourth-order valence-electron chi connectivity index (χ4n) is 3.70. The molecule has 2 aromatic carbocycles. The van der Waals surface area contributed by atoms with E-state index in [0.29, 0.717) is 29.7 Å². The van der Waals surface area contributed by atoms with Gasteiger partial charge in [0.15, 0.2) is 5.78 Å². The molecule has 0 radical (unpaired) electrons. The number of carbonyl (C=O) groups is 1. The standard InChI is InChI=1S/C22H26FNO4S/c1-15-11-17(16-7-6-8-18(12-16)28-2)13-20(22(15)23)21(25)14-24-29(26,27)19-9-4-3-5-10-19/h6-8,11-13,19,24H,3-5,9-10,14H2,1-2H3. The van der Waals surface area contributed by atoms with Crippen molar-refractivity contribution in [2.45, 2.75) is 44.3 Å². The Balaban J connectivity index is 1.82. The van der Waals surface area contributed by atoms with E-state index < -0.39 is 33.4 Å². The second-order valence-corrected chi connectivity index (χ2v) is 9.48. The molecule has 7 heteroatoms. The van der Waals surface area contributed by atoms with Gasteiger partial charge in [-0.25, -0.2) is 17.5 Å². The maximum absolute atomic E-state index is 14.6. The van der Waals surface area contributed by atoms with Crippen LogP contribution in [-0.2, 0) is 10.0 Å². The van der Waals surface area contributed by atoms with E-state index in [2.05, 4.69) is 4.72 Å². The molecule has 3 rings (SSSR count). The first kappa shape index (κ1) is 21.5. The first-order chi connectivity index (χ1) is 13.8. The number of aryl methyl sites for hydroxylation is 1. The zero-order valence-electron chi connectivity index (χ0n) is 16.7. The highest BCUT2D eigenvalue weighted by atomic mass is 32.2. The van der Waals surface area contributed by atoms with Crippen LogP contribution in [0.5, 0.6) is 5.75 Å². The van der Waals surface area contributed by atoms with Gasteiger partial charge < -0.3 is 4.74 Å². The first-order valence-electron chi connectivity index (χ1n) is 9.78. The third-order valence-electron chi connectivity index (χ3n) is 5.38. The lowest BCUT2D eigenvalue weighted by Crippen LogP contribution is -2.38. The second kappa shape index (κ2) is 9.05. The Bertz CT molecular complexity index is 998. The van der Waals surface area contributed by atoms with Gasteiger partial charge in [0.25, 0.3) is 0 Å². The number of hydrogen-bond donors (Lipinski definition) is 1. The monoisotopic (exact) mass is 419 g/mol. The van der Waals surface area contributed by atoms with E-state index in [4.69, 9.17) is 4.74 Å². The van der Waals surface area contributed by atoms with Gasteiger partial charge in [-0.3, -0.25) is 4.79 Å². The van der Waals surface area contributed by atoms with Gasteiger partial charge in [-0.15, -0.1) is 0 Å². The molecule has 1 N–H and O–H groups in total. The van der Waals surface area contributed by atoms with E-state index in [-0.39, 0.29) is 5.56 Å². The first-order valence-corrected chi connectivity index (χ1v) is 11.3. The van der Waals surface area contributed by atoms with Crippen molar-refractivity contribution in [3.63, 3.8) is 0 Å². The van der Waals surface area contributed by atoms with Gasteiger partial charge in [-0.05, 0) is 60.7 Å². The summed E-state index contributed by atoms with van der Waals surface area (Å²) in [4.78, 5) is 12.7. The van der Waals surface area contributed by atoms with Gasteiger partial charge in [0.1, 0.15) is 11.6 Å². The lowest BCUT2D eigenvalue weighted by molar-refractivity contribution is 0.0993. The molecular weight excluding hydrogens is 393 g/mol. The zero-order valence-corrected chi connectivity index (χ0v) is 17.5. The molecule has 29 heavy (non-hydrogen) atoms. The largest absolute Gasteiger partial charge is 0.497 e. The van der Waals surface area contributed by atoms with Crippen LogP contribution in [0.1, 0.15) is 48.0 Å². The molecular formula is C22H26FNO4S. The lowest BCUT2D eigenvalue weighted by Gasteiger charge is -2.21. The van der Waals surface area contributed by atoms with Crippen molar-refractivity contribution in [3.05, 3.63) is 53.3 Å². The van der Waals surface area contributed by atoms with Crippen LogP contribution in [0.15, 0.2) is 36.4 Å². The van der Waals surface area contributed by atoms with E-state index >= 15 is 0 Å². The summed E-state index contributed by atoms with van der Waals surface area (Å²) in [5.74, 6) is -0.564. The van der Waals surface area contributed by atoms with Crippen molar-refractivity contribution in [3.8, 4) is 16.9 Å². The van der Waals surface area contributed by atoms with Gasteiger partial charge in [0.05, 0.1) is 24.5 Å². The smallest absolute Gasteiger partial charge is 0.214 e. The number of benzene rings is 2. The van der Waals surface area contributed by atoms with Gasteiger partial charge in [-0.1, -0.05) is 31.4 Å². The van der Waals surface area contributed by atoms with Crippen LogP contribution in [0.3, 0.4) is 0 Å². The molecule has 0 unspecified atom stereocenters. The summed E-state index contributed by atoms with van der Waals surface area (Å²) in [6.45, 7) is 1.14. The van der Waals surface area contributed by atoms with Crippen molar-refractivity contribution in [1.82, 2.24) is 4.72 Å². The Kier molecular flexibility index (Phi) is 6.70. The third kappa shape index (κ3) is 5.03. The van der Waals surface area contributed by atoms with Crippen molar-refractivity contribution in [1.29, 1.82) is 0 Å². The minimum absolute atomic E-state index is 0.117. The summed E-state index contributed by atoms with van der Waals surface area (Å²) in [7, 11) is -2.03. The summed E-state index contributed by atoms with van der Waals surface area (Å²) in [5.41, 5.74) is 1.66. The molecule has 1 fully saturated rings. The van der Waals surface area contributed by atoms with Crippen molar-refractivity contribution in [2.75, 3.05) is 13.7 Å². The van der Waals surface area contributed by atoms with E-state index in [0.717, 1.165) is 24.8 Å². The molecule has 1 aliphatic rings. The summed E-state index contributed by atoms with van der Waals surface area (Å²) >= 11 is 0. The fourth-order valence-corrected chi connectivity index (χ4v) is 5.22. The molecule has 156 valence electrons. The number of halogens is 1. The van der Waals surface area contributed by atoms with E-state index in [1.807, 2.05) is 12.1 Å². The minimum atomic E-state index is -3.59. The van der Waals surface area contributed by atoms with Crippen LogP contribution in [0.25, 0.3) is 11.1 Å². The number of hydrogen-bond acceptors (Lipinski definition) is 4. The van der Waals surface area contributed by atoms with Crippen LogP contribution in [-0.4, -0.2) is 33.1 Å². The summed E-state index contributed by atoms with van der Waals surface area (Å²) in [6.07, 6.45) is 3.98. The molecule has 5 nitrogen and oxygen atoms in total. The number of nitrogens with one attached hydrogen (secondary N) is 1. The average molecular weight is 420 g/mol. The predicted molar refractivity (Wildman–Crippen MR) is 111 cm³/mol. The normalized spacial score (nSPS) is 15.3. The number of ether oxygens (including phenoxy) is 1. The molecule has 0 aromatic heterocycles. The molecule has 0 heterocycles. The highest BCUT2D eigenvalue weighted by Crippen LogP contribution is 2.28. The number of Topliss-reactive ketones (excluding diaryl/α,β-unsaturated/α-hetero) is 1.